The van der Waals surface area contributed by atoms with E-state index in [9.17, 15) is 18.3 Å². The minimum absolute atomic E-state index is 0.0750. The Balaban J connectivity index is 2.39. The first kappa shape index (κ1) is 23.5. The molecule has 0 saturated heterocycles. The van der Waals surface area contributed by atoms with Gasteiger partial charge in [-0.3, -0.25) is 0 Å². The van der Waals surface area contributed by atoms with Crippen molar-refractivity contribution in [2.45, 2.75) is 63.8 Å². The molecule has 1 aromatic rings. The van der Waals surface area contributed by atoms with Crippen molar-refractivity contribution in [2.24, 2.45) is 4.99 Å². The smallest absolute Gasteiger partial charge is 0.423 e. The molecule has 1 N–H and O–H groups in total. The van der Waals surface area contributed by atoms with Crippen LogP contribution in [-0.2, 0) is 10.3 Å². The molecule has 29 heavy (non-hydrogen) atoms. The second-order valence-corrected chi connectivity index (χ2v) is 7.59. The Kier molecular flexibility index (Phi) is 7.94. The molecular formula is C21H31F3N2O3. The van der Waals surface area contributed by atoms with Gasteiger partial charge in [0.15, 0.2) is 0 Å². The molecule has 164 valence electrons. The number of hydrogen-bond donors (Lipinski definition) is 1. The van der Waals surface area contributed by atoms with Gasteiger partial charge in [0.05, 0.1) is 31.8 Å². The Morgan fingerprint density at radius 3 is 2.45 bits per heavy atom. The summed E-state index contributed by atoms with van der Waals surface area (Å²) in [4.78, 5) is 6.15. The maximum absolute atomic E-state index is 14.0. The molecule has 1 atom stereocenters. The van der Waals surface area contributed by atoms with Crippen molar-refractivity contribution in [3.05, 3.63) is 23.3 Å². The van der Waals surface area contributed by atoms with E-state index in [0.717, 1.165) is 25.8 Å². The average molecular weight is 416 g/mol. The Hall–Kier alpha value is -1.80. The Labute approximate surface area is 170 Å². The summed E-state index contributed by atoms with van der Waals surface area (Å²) in [6.07, 6.45) is 0.750. The van der Waals surface area contributed by atoms with E-state index in [-0.39, 0.29) is 17.4 Å². The summed E-state index contributed by atoms with van der Waals surface area (Å²) in [5.41, 5.74) is -2.54. The molecule has 2 rings (SSSR count). The van der Waals surface area contributed by atoms with Crippen LogP contribution in [0.1, 0.15) is 50.2 Å². The summed E-state index contributed by atoms with van der Waals surface area (Å²) < 4.78 is 52.6. The second kappa shape index (κ2) is 9.80. The number of rotatable bonds is 8. The molecule has 1 fully saturated rings. The van der Waals surface area contributed by atoms with Crippen molar-refractivity contribution in [1.82, 2.24) is 4.90 Å². The van der Waals surface area contributed by atoms with Gasteiger partial charge in [0, 0.05) is 25.2 Å². The Morgan fingerprint density at radius 2 is 1.90 bits per heavy atom. The van der Waals surface area contributed by atoms with E-state index in [1.54, 1.807) is 13.3 Å². The maximum atomic E-state index is 14.0. The van der Waals surface area contributed by atoms with Gasteiger partial charge in [-0.15, -0.1) is 0 Å². The number of aliphatic hydroxyl groups is 1. The van der Waals surface area contributed by atoms with E-state index in [0.29, 0.717) is 24.1 Å². The van der Waals surface area contributed by atoms with Crippen molar-refractivity contribution in [3.63, 3.8) is 0 Å². The van der Waals surface area contributed by atoms with Crippen molar-refractivity contribution < 1.29 is 27.8 Å². The van der Waals surface area contributed by atoms with Crippen LogP contribution in [-0.4, -0.2) is 55.9 Å². The normalized spacial score (nSPS) is 18.1. The van der Waals surface area contributed by atoms with E-state index in [1.807, 2.05) is 18.9 Å². The highest BCUT2D eigenvalue weighted by atomic mass is 19.4. The monoisotopic (exact) mass is 416 g/mol. The van der Waals surface area contributed by atoms with Crippen LogP contribution < -0.4 is 4.74 Å². The summed E-state index contributed by atoms with van der Waals surface area (Å²) in [7, 11) is 3.12. The lowest BCUT2D eigenvalue weighted by atomic mass is 9.90. The van der Waals surface area contributed by atoms with Crippen LogP contribution in [0, 0.1) is 6.92 Å². The standard InChI is InChI=1S/C21H31F3N2O3/c1-5-26(3)14-25-18-12-19(28-4)17(11-15(18)2)20(27,21(22,23)24)13-29-16-9-7-6-8-10-16/h11-12,14,16,27H,5-10,13H2,1-4H3. The molecule has 1 aromatic carbocycles. The first-order chi connectivity index (χ1) is 13.6. The SMILES string of the molecule is CCN(C)C=Nc1cc(OC)c(C(O)(COC2CCCCC2)C(F)(F)F)cc1C. The quantitative estimate of drug-likeness (QED) is 0.492. The molecule has 0 aliphatic heterocycles. The fraction of sp³-hybridized carbons (Fsp3) is 0.667. The molecule has 1 aliphatic rings. The third-order valence-corrected chi connectivity index (χ3v) is 5.41. The third-order valence-electron chi connectivity index (χ3n) is 5.41. The summed E-state index contributed by atoms with van der Waals surface area (Å²) in [6, 6.07) is 2.71. The number of hydrogen-bond acceptors (Lipinski definition) is 4. The van der Waals surface area contributed by atoms with E-state index in [2.05, 4.69) is 4.99 Å². The minimum Gasteiger partial charge on any atom is -0.496 e. The van der Waals surface area contributed by atoms with Gasteiger partial charge in [0.2, 0.25) is 5.60 Å². The van der Waals surface area contributed by atoms with E-state index in [4.69, 9.17) is 9.47 Å². The van der Waals surface area contributed by atoms with Crippen molar-refractivity contribution >= 4 is 12.0 Å². The first-order valence-electron chi connectivity index (χ1n) is 9.96. The summed E-state index contributed by atoms with van der Waals surface area (Å²) in [5, 5.41) is 10.8. The molecule has 1 aliphatic carbocycles. The Bertz CT molecular complexity index is 703. The lowest BCUT2D eigenvalue weighted by Gasteiger charge is -2.34. The summed E-state index contributed by atoms with van der Waals surface area (Å²) in [6.45, 7) is 3.49. The predicted octanol–water partition coefficient (Wildman–Crippen LogP) is 4.71. The highest BCUT2D eigenvalue weighted by molar-refractivity contribution is 5.65. The largest absolute Gasteiger partial charge is 0.496 e. The van der Waals surface area contributed by atoms with E-state index < -0.39 is 18.4 Å². The zero-order valence-corrected chi connectivity index (χ0v) is 17.6. The first-order valence-corrected chi connectivity index (χ1v) is 9.96. The highest BCUT2D eigenvalue weighted by Gasteiger charge is 2.57. The average Bonchev–Trinajstić information content (AvgIpc) is 2.70. The molecule has 0 aromatic heterocycles. The Morgan fingerprint density at radius 1 is 1.24 bits per heavy atom. The highest BCUT2D eigenvalue weighted by Crippen LogP contribution is 2.45. The van der Waals surface area contributed by atoms with Crippen LogP contribution in [0.2, 0.25) is 0 Å². The van der Waals surface area contributed by atoms with Crippen LogP contribution in [0.15, 0.2) is 17.1 Å². The molecule has 0 bridgehead atoms. The van der Waals surface area contributed by atoms with Gasteiger partial charge >= 0.3 is 6.18 Å². The lowest BCUT2D eigenvalue weighted by Crippen LogP contribution is -2.47. The van der Waals surface area contributed by atoms with Gasteiger partial charge < -0.3 is 19.5 Å². The summed E-state index contributed by atoms with van der Waals surface area (Å²) in [5.74, 6) is -0.0750. The number of alkyl halides is 3. The fourth-order valence-corrected chi connectivity index (χ4v) is 3.33. The summed E-state index contributed by atoms with van der Waals surface area (Å²) >= 11 is 0. The molecule has 1 saturated carbocycles. The topological polar surface area (TPSA) is 54.3 Å². The zero-order valence-electron chi connectivity index (χ0n) is 17.6. The molecule has 1 unspecified atom stereocenters. The van der Waals surface area contributed by atoms with Gasteiger partial charge in [-0.05, 0) is 38.3 Å². The third kappa shape index (κ3) is 5.63. The van der Waals surface area contributed by atoms with Crippen LogP contribution in [0.4, 0.5) is 18.9 Å². The van der Waals surface area contributed by atoms with Crippen LogP contribution in [0.25, 0.3) is 0 Å². The van der Waals surface area contributed by atoms with Crippen LogP contribution >= 0.6 is 0 Å². The van der Waals surface area contributed by atoms with Gasteiger partial charge in [0.25, 0.3) is 0 Å². The number of nitrogens with zero attached hydrogens (tertiary/aromatic N) is 2. The fourth-order valence-electron chi connectivity index (χ4n) is 3.33. The number of benzene rings is 1. The van der Waals surface area contributed by atoms with Gasteiger partial charge in [-0.2, -0.15) is 13.2 Å². The van der Waals surface area contributed by atoms with Crippen LogP contribution in [0.5, 0.6) is 5.75 Å². The zero-order chi connectivity index (χ0) is 21.7. The molecule has 5 nitrogen and oxygen atoms in total. The van der Waals surface area contributed by atoms with Crippen LogP contribution in [0.3, 0.4) is 0 Å². The van der Waals surface area contributed by atoms with E-state index >= 15 is 0 Å². The van der Waals surface area contributed by atoms with Gasteiger partial charge in [-0.25, -0.2) is 4.99 Å². The number of aryl methyl sites for hydroxylation is 1. The van der Waals surface area contributed by atoms with Crippen molar-refractivity contribution in [1.29, 1.82) is 0 Å². The second-order valence-electron chi connectivity index (χ2n) is 7.59. The predicted molar refractivity (Wildman–Crippen MR) is 107 cm³/mol. The number of aliphatic imine (C=N–C) groups is 1. The number of methoxy groups -OCH3 is 1. The molecule has 0 heterocycles. The van der Waals surface area contributed by atoms with E-state index in [1.165, 1.54) is 19.2 Å². The van der Waals surface area contributed by atoms with Gasteiger partial charge in [-0.1, -0.05) is 19.3 Å². The van der Waals surface area contributed by atoms with Gasteiger partial charge in [0.1, 0.15) is 5.75 Å². The number of halogens is 3. The molecule has 8 heteroatoms. The molecule has 0 spiro atoms. The minimum atomic E-state index is -4.92. The molecule has 0 radical (unpaired) electrons. The molecular weight excluding hydrogens is 385 g/mol. The number of ether oxygens (including phenoxy) is 2. The lowest BCUT2D eigenvalue weighted by molar-refractivity contribution is -0.286. The van der Waals surface area contributed by atoms with Crippen molar-refractivity contribution in [3.8, 4) is 5.75 Å². The maximum Gasteiger partial charge on any atom is 0.423 e. The molecule has 0 amide bonds. The van der Waals surface area contributed by atoms with Crippen molar-refractivity contribution in [2.75, 3.05) is 27.3 Å².